The summed E-state index contributed by atoms with van der Waals surface area (Å²) in [7, 11) is 3.92. The van der Waals surface area contributed by atoms with Gasteiger partial charge < -0.3 is 9.80 Å². The molecule has 0 aromatic carbocycles. The van der Waals surface area contributed by atoms with E-state index in [1.807, 2.05) is 0 Å². The largest absolute Gasteiger partial charge is 0.344 e. The standard InChI is InChI=1S/C13H23N3O/c1-13(2,10-14)12(17)16(4)9-11-6-5-7-15(3)8-11/h11H,5-9H2,1-4H3. The topological polar surface area (TPSA) is 47.3 Å². The molecule has 1 fully saturated rings. The van der Waals surface area contributed by atoms with Gasteiger partial charge in [-0.3, -0.25) is 4.79 Å². The monoisotopic (exact) mass is 237 g/mol. The molecular formula is C13H23N3O. The summed E-state index contributed by atoms with van der Waals surface area (Å²) in [6.07, 6.45) is 2.37. The van der Waals surface area contributed by atoms with E-state index in [1.165, 1.54) is 12.8 Å². The molecule has 1 unspecified atom stereocenters. The van der Waals surface area contributed by atoms with E-state index in [1.54, 1.807) is 25.8 Å². The Kier molecular flexibility index (Phi) is 4.53. The Morgan fingerprint density at radius 1 is 1.59 bits per heavy atom. The van der Waals surface area contributed by atoms with Crippen LogP contribution in [-0.4, -0.2) is 49.4 Å². The molecular weight excluding hydrogens is 214 g/mol. The summed E-state index contributed by atoms with van der Waals surface area (Å²) in [5.74, 6) is 0.463. The maximum Gasteiger partial charge on any atom is 0.242 e. The predicted molar refractivity (Wildman–Crippen MR) is 67.3 cm³/mol. The fraction of sp³-hybridized carbons (Fsp3) is 0.846. The summed E-state index contributed by atoms with van der Waals surface area (Å²) in [5, 5.41) is 8.96. The molecule has 1 atom stereocenters. The summed E-state index contributed by atoms with van der Waals surface area (Å²) in [6.45, 7) is 6.31. The Hall–Kier alpha value is -1.08. The van der Waals surface area contributed by atoms with Crippen molar-refractivity contribution in [2.45, 2.75) is 26.7 Å². The lowest BCUT2D eigenvalue weighted by molar-refractivity contribution is -0.137. The van der Waals surface area contributed by atoms with Crippen molar-refractivity contribution in [3.8, 4) is 6.07 Å². The lowest BCUT2D eigenvalue weighted by atomic mass is 9.92. The first-order valence-corrected chi connectivity index (χ1v) is 6.22. The SMILES string of the molecule is CN1CCCC(CN(C)C(=O)C(C)(C)C#N)C1. The van der Waals surface area contributed by atoms with Crippen molar-refractivity contribution in [1.82, 2.24) is 9.80 Å². The highest BCUT2D eigenvalue weighted by molar-refractivity contribution is 5.84. The van der Waals surface area contributed by atoms with E-state index in [2.05, 4.69) is 18.0 Å². The van der Waals surface area contributed by atoms with Crippen molar-refractivity contribution in [2.75, 3.05) is 33.7 Å². The average Bonchev–Trinajstić information content (AvgIpc) is 2.28. The molecule has 0 saturated carbocycles. The Balaban J connectivity index is 2.52. The quantitative estimate of drug-likeness (QED) is 0.744. The summed E-state index contributed by atoms with van der Waals surface area (Å²) in [5.41, 5.74) is -0.907. The van der Waals surface area contributed by atoms with Crippen molar-refractivity contribution in [2.24, 2.45) is 11.3 Å². The van der Waals surface area contributed by atoms with Crippen molar-refractivity contribution in [3.05, 3.63) is 0 Å². The first kappa shape index (κ1) is 14.0. The summed E-state index contributed by atoms with van der Waals surface area (Å²) in [4.78, 5) is 16.1. The number of rotatable bonds is 3. The zero-order valence-electron chi connectivity index (χ0n) is 11.4. The third-order valence-corrected chi connectivity index (χ3v) is 3.42. The van der Waals surface area contributed by atoms with Crippen molar-refractivity contribution >= 4 is 5.91 Å². The highest BCUT2D eigenvalue weighted by Crippen LogP contribution is 2.20. The number of nitrogens with zero attached hydrogens (tertiary/aromatic N) is 3. The highest BCUT2D eigenvalue weighted by atomic mass is 16.2. The van der Waals surface area contributed by atoms with Gasteiger partial charge in [-0.25, -0.2) is 0 Å². The molecule has 1 amide bonds. The highest BCUT2D eigenvalue weighted by Gasteiger charge is 2.31. The molecule has 0 radical (unpaired) electrons. The van der Waals surface area contributed by atoms with Gasteiger partial charge in [0, 0.05) is 20.1 Å². The van der Waals surface area contributed by atoms with E-state index >= 15 is 0 Å². The van der Waals surface area contributed by atoms with Crippen LogP contribution in [0.1, 0.15) is 26.7 Å². The van der Waals surface area contributed by atoms with E-state index in [9.17, 15) is 4.79 Å². The minimum Gasteiger partial charge on any atom is -0.344 e. The van der Waals surface area contributed by atoms with E-state index in [4.69, 9.17) is 5.26 Å². The Bertz CT molecular complexity index is 319. The lowest BCUT2D eigenvalue weighted by Gasteiger charge is -2.33. The van der Waals surface area contributed by atoms with Gasteiger partial charge in [-0.15, -0.1) is 0 Å². The normalized spacial score (nSPS) is 21.9. The van der Waals surface area contributed by atoms with E-state index in [0.717, 1.165) is 19.6 Å². The molecule has 4 heteroatoms. The van der Waals surface area contributed by atoms with Crippen LogP contribution in [0.3, 0.4) is 0 Å². The van der Waals surface area contributed by atoms with Crippen molar-refractivity contribution in [1.29, 1.82) is 5.26 Å². The second-order valence-electron chi connectivity index (χ2n) is 5.69. The molecule has 0 spiro atoms. The summed E-state index contributed by atoms with van der Waals surface area (Å²) < 4.78 is 0. The molecule has 0 N–H and O–H groups in total. The van der Waals surface area contributed by atoms with Crippen LogP contribution >= 0.6 is 0 Å². The zero-order chi connectivity index (χ0) is 13.1. The van der Waals surface area contributed by atoms with Gasteiger partial charge in [0.05, 0.1) is 6.07 Å². The van der Waals surface area contributed by atoms with Crippen LogP contribution in [0.2, 0.25) is 0 Å². The zero-order valence-corrected chi connectivity index (χ0v) is 11.4. The first-order valence-electron chi connectivity index (χ1n) is 6.22. The molecule has 4 nitrogen and oxygen atoms in total. The third kappa shape index (κ3) is 3.71. The Morgan fingerprint density at radius 3 is 2.76 bits per heavy atom. The van der Waals surface area contributed by atoms with Gasteiger partial charge in [0.25, 0.3) is 0 Å². The molecule has 0 aliphatic carbocycles. The number of amides is 1. The lowest BCUT2D eigenvalue weighted by Crippen LogP contribution is -2.43. The Morgan fingerprint density at radius 2 is 2.24 bits per heavy atom. The maximum absolute atomic E-state index is 12.0. The van der Waals surface area contributed by atoms with E-state index < -0.39 is 5.41 Å². The number of hydrogen-bond donors (Lipinski definition) is 0. The summed E-state index contributed by atoms with van der Waals surface area (Å²) >= 11 is 0. The minimum absolute atomic E-state index is 0.0757. The van der Waals surface area contributed by atoms with Crippen LogP contribution in [0.25, 0.3) is 0 Å². The summed E-state index contributed by atoms with van der Waals surface area (Å²) in [6, 6.07) is 2.07. The fourth-order valence-corrected chi connectivity index (χ4v) is 2.42. The number of hydrogen-bond acceptors (Lipinski definition) is 3. The van der Waals surface area contributed by atoms with Gasteiger partial charge in [-0.05, 0) is 46.2 Å². The van der Waals surface area contributed by atoms with Gasteiger partial charge in [0.15, 0.2) is 0 Å². The van der Waals surface area contributed by atoms with Gasteiger partial charge in [-0.2, -0.15) is 5.26 Å². The molecule has 96 valence electrons. The van der Waals surface area contributed by atoms with Crippen LogP contribution < -0.4 is 0 Å². The van der Waals surface area contributed by atoms with Gasteiger partial charge in [0.2, 0.25) is 5.91 Å². The van der Waals surface area contributed by atoms with Crippen LogP contribution in [0, 0.1) is 22.7 Å². The third-order valence-electron chi connectivity index (χ3n) is 3.42. The van der Waals surface area contributed by atoms with Gasteiger partial charge >= 0.3 is 0 Å². The molecule has 1 aliphatic heterocycles. The first-order chi connectivity index (χ1) is 7.86. The molecule has 1 saturated heterocycles. The molecule has 1 rings (SSSR count). The molecule has 17 heavy (non-hydrogen) atoms. The number of piperidine rings is 1. The molecule has 1 heterocycles. The predicted octanol–water partition coefficient (Wildman–Crippen LogP) is 1.34. The molecule has 1 aliphatic rings. The van der Waals surface area contributed by atoms with Gasteiger partial charge in [-0.1, -0.05) is 0 Å². The van der Waals surface area contributed by atoms with Crippen LogP contribution in [-0.2, 0) is 4.79 Å². The smallest absolute Gasteiger partial charge is 0.242 e. The number of nitriles is 1. The number of likely N-dealkylation sites (tertiary alicyclic amines) is 1. The van der Waals surface area contributed by atoms with Gasteiger partial charge in [0.1, 0.15) is 5.41 Å². The van der Waals surface area contributed by atoms with E-state index in [0.29, 0.717) is 5.92 Å². The number of carbonyl (C=O) groups excluding carboxylic acids is 1. The molecule has 0 aromatic rings. The van der Waals surface area contributed by atoms with Crippen LogP contribution in [0.15, 0.2) is 0 Å². The van der Waals surface area contributed by atoms with E-state index in [-0.39, 0.29) is 5.91 Å². The molecule has 0 aromatic heterocycles. The Labute approximate surface area is 104 Å². The van der Waals surface area contributed by atoms with Crippen molar-refractivity contribution < 1.29 is 4.79 Å². The minimum atomic E-state index is -0.907. The second-order valence-corrected chi connectivity index (χ2v) is 5.69. The van der Waals surface area contributed by atoms with Crippen LogP contribution in [0.4, 0.5) is 0 Å². The molecule has 0 bridgehead atoms. The second kappa shape index (κ2) is 5.50. The maximum atomic E-state index is 12.0. The van der Waals surface area contributed by atoms with Crippen LogP contribution in [0.5, 0.6) is 0 Å². The number of carbonyl (C=O) groups is 1. The average molecular weight is 237 g/mol. The fourth-order valence-electron chi connectivity index (χ4n) is 2.42. The van der Waals surface area contributed by atoms with Crippen molar-refractivity contribution in [3.63, 3.8) is 0 Å².